The van der Waals surface area contributed by atoms with Crippen molar-refractivity contribution in [2.45, 2.75) is 6.54 Å². The largest absolute Gasteiger partial charge is 0.454 e. The predicted octanol–water partition coefficient (Wildman–Crippen LogP) is 4.91. The maximum absolute atomic E-state index is 12.3. The minimum atomic E-state index is -0.320. The number of benzene rings is 2. The van der Waals surface area contributed by atoms with Gasteiger partial charge in [-0.2, -0.15) is 0 Å². The normalized spacial score (nSPS) is 12.2. The Morgan fingerprint density at radius 3 is 2.69 bits per heavy atom. The molecule has 1 aliphatic rings. The lowest BCUT2D eigenvalue weighted by Gasteiger charge is -2.05. The van der Waals surface area contributed by atoms with E-state index in [4.69, 9.17) is 37.1 Å². The van der Waals surface area contributed by atoms with Crippen LogP contribution in [0.3, 0.4) is 0 Å². The van der Waals surface area contributed by atoms with Crippen LogP contribution in [0.2, 0.25) is 10.0 Å². The van der Waals surface area contributed by atoms with E-state index in [0.717, 1.165) is 5.56 Å². The summed E-state index contributed by atoms with van der Waals surface area (Å²) in [5, 5.41) is 3.80. The van der Waals surface area contributed by atoms with E-state index < -0.39 is 0 Å². The molecule has 132 valence electrons. The van der Waals surface area contributed by atoms with Crippen molar-refractivity contribution in [3.05, 3.63) is 69.9 Å². The number of amides is 1. The number of halogens is 2. The smallest absolute Gasteiger partial charge is 0.287 e. The molecule has 1 aromatic heterocycles. The zero-order valence-electron chi connectivity index (χ0n) is 13.4. The Hall–Kier alpha value is -2.63. The second-order valence-electron chi connectivity index (χ2n) is 5.66. The van der Waals surface area contributed by atoms with E-state index in [1.807, 2.05) is 18.2 Å². The quantitative estimate of drug-likeness (QED) is 0.688. The molecule has 0 saturated carbocycles. The van der Waals surface area contributed by atoms with Crippen LogP contribution in [0, 0.1) is 0 Å². The lowest BCUT2D eigenvalue weighted by atomic mass is 10.2. The number of ether oxygens (including phenoxy) is 2. The minimum absolute atomic E-state index is 0.201. The summed E-state index contributed by atoms with van der Waals surface area (Å²) in [6, 6.07) is 13.9. The molecule has 0 atom stereocenters. The van der Waals surface area contributed by atoms with Crippen molar-refractivity contribution in [2.24, 2.45) is 0 Å². The molecular formula is C19H13Cl2NO4. The molecule has 3 aromatic rings. The highest BCUT2D eigenvalue weighted by molar-refractivity contribution is 6.36. The number of carbonyl (C=O) groups excluding carboxylic acids is 1. The zero-order chi connectivity index (χ0) is 18.1. The number of rotatable bonds is 4. The van der Waals surface area contributed by atoms with Gasteiger partial charge in [-0.05, 0) is 48.0 Å². The summed E-state index contributed by atoms with van der Waals surface area (Å²) in [5.74, 6) is 1.76. The lowest BCUT2D eigenvalue weighted by molar-refractivity contribution is 0.0924. The first-order chi connectivity index (χ1) is 12.6. The van der Waals surface area contributed by atoms with Crippen LogP contribution in [-0.4, -0.2) is 12.7 Å². The topological polar surface area (TPSA) is 60.7 Å². The molecule has 0 unspecified atom stereocenters. The molecular weight excluding hydrogens is 377 g/mol. The van der Waals surface area contributed by atoms with E-state index >= 15 is 0 Å². The molecule has 1 amide bonds. The third kappa shape index (κ3) is 3.36. The highest BCUT2D eigenvalue weighted by Gasteiger charge is 2.16. The standard InChI is InChI=1S/C19H13Cl2NO4/c20-12-2-3-13(14(21)8-12)15-5-6-17(26-15)19(23)22-9-11-1-4-16-18(7-11)25-10-24-16/h1-8H,9-10H2,(H,22,23). The van der Waals surface area contributed by atoms with Gasteiger partial charge in [-0.15, -0.1) is 0 Å². The number of furan rings is 1. The molecule has 0 fully saturated rings. The molecule has 0 spiro atoms. The highest BCUT2D eigenvalue weighted by Crippen LogP contribution is 2.33. The van der Waals surface area contributed by atoms with Crippen LogP contribution in [0.5, 0.6) is 11.5 Å². The molecule has 5 nitrogen and oxygen atoms in total. The van der Waals surface area contributed by atoms with Crippen LogP contribution >= 0.6 is 23.2 Å². The van der Waals surface area contributed by atoms with Crippen molar-refractivity contribution in [2.75, 3.05) is 6.79 Å². The summed E-state index contributed by atoms with van der Waals surface area (Å²) in [5.41, 5.74) is 1.57. The molecule has 0 radical (unpaired) electrons. The minimum Gasteiger partial charge on any atom is -0.454 e. The lowest BCUT2D eigenvalue weighted by Crippen LogP contribution is -2.22. The molecule has 0 saturated heterocycles. The Morgan fingerprint density at radius 2 is 1.85 bits per heavy atom. The van der Waals surface area contributed by atoms with Crippen LogP contribution in [-0.2, 0) is 6.54 Å². The average Bonchev–Trinajstić information content (AvgIpc) is 3.28. The van der Waals surface area contributed by atoms with Gasteiger partial charge in [0, 0.05) is 17.1 Å². The van der Waals surface area contributed by atoms with Gasteiger partial charge in [-0.1, -0.05) is 29.3 Å². The summed E-state index contributed by atoms with van der Waals surface area (Å²) in [7, 11) is 0. The SMILES string of the molecule is O=C(NCc1ccc2c(c1)OCO2)c1ccc(-c2ccc(Cl)cc2Cl)o1. The summed E-state index contributed by atoms with van der Waals surface area (Å²) in [4.78, 5) is 12.3. The second kappa shape index (κ2) is 6.94. The summed E-state index contributed by atoms with van der Waals surface area (Å²) in [6.07, 6.45) is 0. The number of hydrogen-bond acceptors (Lipinski definition) is 4. The molecule has 1 N–H and O–H groups in total. The van der Waals surface area contributed by atoms with Crippen LogP contribution in [0.25, 0.3) is 11.3 Å². The monoisotopic (exact) mass is 389 g/mol. The molecule has 7 heteroatoms. The second-order valence-corrected chi connectivity index (χ2v) is 6.50. The van der Waals surface area contributed by atoms with E-state index in [0.29, 0.717) is 39.4 Å². The summed E-state index contributed by atoms with van der Waals surface area (Å²) in [6.45, 7) is 0.556. The maximum Gasteiger partial charge on any atom is 0.287 e. The Labute approximate surface area is 159 Å². The van der Waals surface area contributed by atoms with Gasteiger partial charge in [0.25, 0.3) is 5.91 Å². The Morgan fingerprint density at radius 1 is 1.00 bits per heavy atom. The van der Waals surface area contributed by atoms with Gasteiger partial charge in [0.1, 0.15) is 5.76 Å². The first-order valence-corrected chi connectivity index (χ1v) is 8.58. The van der Waals surface area contributed by atoms with Crippen LogP contribution in [0.1, 0.15) is 16.1 Å². The van der Waals surface area contributed by atoms with Crippen LogP contribution < -0.4 is 14.8 Å². The van der Waals surface area contributed by atoms with E-state index in [-0.39, 0.29) is 18.5 Å². The van der Waals surface area contributed by atoms with Gasteiger partial charge in [0.2, 0.25) is 6.79 Å². The Bertz CT molecular complexity index is 983. The van der Waals surface area contributed by atoms with E-state index in [2.05, 4.69) is 5.32 Å². The first-order valence-electron chi connectivity index (χ1n) is 7.82. The van der Waals surface area contributed by atoms with Crippen molar-refractivity contribution >= 4 is 29.1 Å². The average molecular weight is 390 g/mol. The Balaban J connectivity index is 1.45. The molecule has 26 heavy (non-hydrogen) atoms. The number of nitrogens with one attached hydrogen (secondary N) is 1. The third-order valence-corrected chi connectivity index (χ3v) is 4.46. The predicted molar refractivity (Wildman–Crippen MR) is 97.9 cm³/mol. The molecule has 2 aromatic carbocycles. The van der Waals surface area contributed by atoms with E-state index in [9.17, 15) is 4.79 Å². The van der Waals surface area contributed by atoms with E-state index in [1.54, 1.807) is 30.3 Å². The summed E-state index contributed by atoms with van der Waals surface area (Å²) < 4.78 is 16.2. The van der Waals surface area contributed by atoms with Crippen LogP contribution in [0.15, 0.2) is 52.9 Å². The fourth-order valence-corrected chi connectivity index (χ4v) is 3.12. The molecule has 0 bridgehead atoms. The number of fused-ring (bicyclic) bond motifs is 1. The summed E-state index contributed by atoms with van der Waals surface area (Å²) >= 11 is 12.1. The molecule has 4 rings (SSSR count). The maximum atomic E-state index is 12.3. The van der Waals surface area contributed by atoms with Gasteiger partial charge in [-0.3, -0.25) is 4.79 Å². The fraction of sp³-hybridized carbons (Fsp3) is 0.105. The van der Waals surface area contributed by atoms with Gasteiger partial charge < -0.3 is 19.2 Å². The van der Waals surface area contributed by atoms with Crippen molar-refractivity contribution in [1.29, 1.82) is 0 Å². The number of carbonyl (C=O) groups is 1. The number of hydrogen-bond donors (Lipinski definition) is 1. The molecule has 2 heterocycles. The first kappa shape index (κ1) is 16.8. The van der Waals surface area contributed by atoms with Gasteiger partial charge in [0.05, 0.1) is 5.02 Å². The third-order valence-electron chi connectivity index (χ3n) is 3.92. The van der Waals surface area contributed by atoms with Crippen molar-refractivity contribution < 1.29 is 18.7 Å². The van der Waals surface area contributed by atoms with Crippen molar-refractivity contribution in [3.8, 4) is 22.8 Å². The van der Waals surface area contributed by atoms with Crippen molar-refractivity contribution in [1.82, 2.24) is 5.32 Å². The fourth-order valence-electron chi connectivity index (χ4n) is 2.61. The van der Waals surface area contributed by atoms with Gasteiger partial charge in [0.15, 0.2) is 17.3 Å². The Kier molecular flexibility index (Phi) is 4.49. The van der Waals surface area contributed by atoms with Gasteiger partial charge in [-0.25, -0.2) is 0 Å². The molecule has 1 aliphatic heterocycles. The van der Waals surface area contributed by atoms with E-state index in [1.165, 1.54) is 0 Å². The zero-order valence-corrected chi connectivity index (χ0v) is 14.9. The van der Waals surface area contributed by atoms with Crippen molar-refractivity contribution in [3.63, 3.8) is 0 Å². The van der Waals surface area contributed by atoms with Crippen LogP contribution in [0.4, 0.5) is 0 Å². The van der Waals surface area contributed by atoms with Gasteiger partial charge >= 0.3 is 0 Å². The highest BCUT2D eigenvalue weighted by atomic mass is 35.5. The molecule has 0 aliphatic carbocycles.